The van der Waals surface area contributed by atoms with Gasteiger partial charge in [-0.15, -0.1) is 11.8 Å². The average Bonchev–Trinajstić information content (AvgIpc) is 2.18. The van der Waals surface area contributed by atoms with Gasteiger partial charge >= 0.3 is 0 Å². The molecular formula is C11H16OS. The van der Waals surface area contributed by atoms with Gasteiger partial charge in [0.15, 0.2) is 0 Å². The molecule has 0 saturated carbocycles. The monoisotopic (exact) mass is 196 g/mol. The SMILES string of the molecule is CC[C@](C)(O)c1ccccc1SC. The van der Waals surface area contributed by atoms with Crippen LogP contribution >= 0.6 is 11.8 Å². The van der Waals surface area contributed by atoms with Gasteiger partial charge < -0.3 is 5.11 Å². The van der Waals surface area contributed by atoms with Crippen molar-refractivity contribution in [2.24, 2.45) is 0 Å². The second-order valence-electron chi connectivity index (χ2n) is 3.33. The molecule has 1 rings (SSSR count). The van der Waals surface area contributed by atoms with Gasteiger partial charge in [-0.25, -0.2) is 0 Å². The maximum absolute atomic E-state index is 10.1. The minimum atomic E-state index is -0.695. The minimum absolute atomic E-state index is 0.695. The van der Waals surface area contributed by atoms with Gasteiger partial charge in [-0.05, 0) is 31.2 Å². The van der Waals surface area contributed by atoms with E-state index in [9.17, 15) is 5.11 Å². The maximum Gasteiger partial charge on any atom is 0.0876 e. The standard InChI is InChI=1S/C11H16OS/c1-4-11(2,12)9-7-5-6-8-10(9)13-3/h5-8,12H,4H2,1-3H3/t11-/m0/s1. The summed E-state index contributed by atoms with van der Waals surface area (Å²) in [5.74, 6) is 0. The average molecular weight is 196 g/mol. The second kappa shape index (κ2) is 4.16. The molecule has 1 aromatic rings. The number of thioether (sulfide) groups is 1. The van der Waals surface area contributed by atoms with Crippen molar-refractivity contribution in [3.63, 3.8) is 0 Å². The van der Waals surface area contributed by atoms with Crippen molar-refractivity contribution in [1.82, 2.24) is 0 Å². The van der Waals surface area contributed by atoms with E-state index in [1.54, 1.807) is 11.8 Å². The van der Waals surface area contributed by atoms with Gasteiger partial charge in [0, 0.05) is 4.90 Å². The minimum Gasteiger partial charge on any atom is -0.385 e. The third kappa shape index (κ3) is 2.26. The summed E-state index contributed by atoms with van der Waals surface area (Å²) >= 11 is 1.68. The Balaban J connectivity index is 3.12. The fourth-order valence-electron chi connectivity index (χ4n) is 1.28. The molecule has 1 atom stereocenters. The van der Waals surface area contributed by atoms with Gasteiger partial charge in [0.05, 0.1) is 5.60 Å². The predicted octanol–water partition coefficient (Wildman–Crippen LogP) is 3.03. The largest absolute Gasteiger partial charge is 0.385 e. The van der Waals surface area contributed by atoms with Crippen LogP contribution in [0.5, 0.6) is 0 Å². The van der Waals surface area contributed by atoms with E-state index in [4.69, 9.17) is 0 Å². The van der Waals surface area contributed by atoms with E-state index in [-0.39, 0.29) is 0 Å². The summed E-state index contributed by atoms with van der Waals surface area (Å²) in [7, 11) is 0. The molecule has 0 aliphatic carbocycles. The molecule has 1 nitrogen and oxygen atoms in total. The lowest BCUT2D eigenvalue weighted by Gasteiger charge is -2.24. The van der Waals surface area contributed by atoms with E-state index in [1.807, 2.05) is 44.4 Å². The Labute approximate surface area is 84.2 Å². The van der Waals surface area contributed by atoms with Crippen LogP contribution < -0.4 is 0 Å². The van der Waals surface area contributed by atoms with E-state index in [1.165, 1.54) is 0 Å². The first-order chi connectivity index (χ1) is 6.11. The number of benzene rings is 1. The molecule has 13 heavy (non-hydrogen) atoms. The van der Waals surface area contributed by atoms with Gasteiger partial charge in [-0.3, -0.25) is 0 Å². The van der Waals surface area contributed by atoms with Crippen LogP contribution in [0.1, 0.15) is 25.8 Å². The van der Waals surface area contributed by atoms with Crippen molar-refractivity contribution in [2.75, 3.05) is 6.26 Å². The van der Waals surface area contributed by atoms with Crippen LogP contribution in [-0.2, 0) is 5.60 Å². The summed E-state index contributed by atoms with van der Waals surface area (Å²) in [5.41, 5.74) is 0.338. The van der Waals surface area contributed by atoms with E-state index in [0.717, 1.165) is 16.9 Å². The summed E-state index contributed by atoms with van der Waals surface area (Å²) in [6.45, 7) is 3.86. The zero-order valence-corrected chi connectivity index (χ0v) is 9.19. The topological polar surface area (TPSA) is 20.2 Å². The molecule has 0 fully saturated rings. The number of rotatable bonds is 3. The summed E-state index contributed by atoms with van der Waals surface area (Å²) in [6.07, 6.45) is 2.77. The van der Waals surface area contributed by atoms with E-state index in [0.29, 0.717) is 0 Å². The Kier molecular flexibility index (Phi) is 3.40. The first kappa shape index (κ1) is 10.6. The molecule has 1 aromatic carbocycles. The van der Waals surface area contributed by atoms with Crippen molar-refractivity contribution >= 4 is 11.8 Å². The lowest BCUT2D eigenvalue weighted by Crippen LogP contribution is -2.20. The van der Waals surface area contributed by atoms with Crippen LogP contribution in [0.2, 0.25) is 0 Å². The Morgan fingerprint density at radius 3 is 2.54 bits per heavy atom. The highest BCUT2D eigenvalue weighted by Gasteiger charge is 2.22. The highest BCUT2D eigenvalue weighted by atomic mass is 32.2. The third-order valence-corrected chi connectivity index (χ3v) is 3.17. The Morgan fingerprint density at radius 1 is 1.38 bits per heavy atom. The quantitative estimate of drug-likeness (QED) is 0.750. The van der Waals surface area contributed by atoms with Gasteiger partial charge in [-0.1, -0.05) is 25.1 Å². The molecular weight excluding hydrogens is 180 g/mol. The molecule has 0 radical (unpaired) electrons. The normalized spacial score (nSPS) is 15.4. The van der Waals surface area contributed by atoms with Gasteiger partial charge in [0.2, 0.25) is 0 Å². The highest BCUT2D eigenvalue weighted by Crippen LogP contribution is 2.31. The third-order valence-electron chi connectivity index (χ3n) is 2.38. The molecule has 0 saturated heterocycles. The van der Waals surface area contributed by atoms with Crippen LogP contribution in [0.3, 0.4) is 0 Å². The molecule has 1 N–H and O–H groups in total. The summed E-state index contributed by atoms with van der Waals surface area (Å²) in [5, 5.41) is 10.1. The Bertz CT molecular complexity index is 281. The number of aliphatic hydroxyl groups is 1. The molecule has 0 spiro atoms. The first-order valence-electron chi connectivity index (χ1n) is 4.47. The summed E-state index contributed by atoms with van der Waals surface area (Å²) in [4.78, 5) is 1.16. The maximum atomic E-state index is 10.1. The fraction of sp³-hybridized carbons (Fsp3) is 0.455. The lowest BCUT2D eigenvalue weighted by molar-refractivity contribution is 0.0504. The molecule has 0 aromatic heterocycles. The fourth-order valence-corrected chi connectivity index (χ4v) is 2.00. The molecule has 0 bridgehead atoms. The molecule has 0 unspecified atom stereocenters. The number of hydrogen-bond donors (Lipinski definition) is 1. The Hall–Kier alpha value is -0.470. The first-order valence-corrected chi connectivity index (χ1v) is 5.70. The summed E-state index contributed by atoms with van der Waals surface area (Å²) in [6, 6.07) is 8.01. The van der Waals surface area contributed by atoms with Crippen LogP contribution in [0.4, 0.5) is 0 Å². The number of hydrogen-bond acceptors (Lipinski definition) is 2. The van der Waals surface area contributed by atoms with E-state index < -0.39 is 5.60 Å². The van der Waals surface area contributed by atoms with Gasteiger partial charge in [-0.2, -0.15) is 0 Å². The van der Waals surface area contributed by atoms with Gasteiger partial charge in [0.1, 0.15) is 0 Å². The van der Waals surface area contributed by atoms with Crippen molar-refractivity contribution in [3.05, 3.63) is 29.8 Å². The lowest BCUT2D eigenvalue weighted by atomic mass is 9.93. The van der Waals surface area contributed by atoms with E-state index >= 15 is 0 Å². The van der Waals surface area contributed by atoms with E-state index in [2.05, 4.69) is 0 Å². The zero-order chi connectivity index (χ0) is 9.90. The van der Waals surface area contributed by atoms with Crippen LogP contribution in [0.15, 0.2) is 29.2 Å². The molecule has 0 amide bonds. The molecule has 0 heterocycles. The zero-order valence-electron chi connectivity index (χ0n) is 8.37. The van der Waals surface area contributed by atoms with Crippen molar-refractivity contribution in [2.45, 2.75) is 30.8 Å². The van der Waals surface area contributed by atoms with Crippen molar-refractivity contribution in [3.8, 4) is 0 Å². The highest BCUT2D eigenvalue weighted by molar-refractivity contribution is 7.98. The molecule has 72 valence electrons. The van der Waals surface area contributed by atoms with Crippen LogP contribution in [0.25, 0.3) is 0 Å². The smallest absolute Gasteiger partial charge is 0.0876 e. The Morgan fingerprint density at radius 2 is 2.00 bits per heavy atom. The molecule has 0 aliphatic rings. The van der Waals surface area contributed by atoms with Crippen LogP contribution in [-0.4, -0.2) is 11.4 Å². The van der Waals surface area contributed by atoms with Crippen molar-refractivity contribution in [1.29, 1.82) is 0 Å². The molecule has 2 heteroatoms. The second-order valence-corrected chi connectivity index (χ2v) is 4.18. The van der Waals surface area contributed by atoms with Gasteiger partial charge in [0.25, 0.3) is 0 Å². The molecule has 0 aliphatic heterocycles. The van der Waals surface area contributed by atoms with Crippen LogP contribution in [0, 0.1) is 0 Å². The van der Waals surface area contributed by atoms with Crippen molar-refractivity contribution < 1.29 is 5.11 Å². The summed E-state index contributed by atoms with van der Waals surface area (Å²) < 4.78 is 0. The predicted molar refractivity (Wildman–Crippen MR) is 58.1 cm³/mol.